The van der Waals surface area contributed by atoms with Crippen LogP contribution in [0.15, 0.2) is 0 Å². The van der Waals surface area contributed by atoms with E-state index in [4.69, 9.17) is 31.4 Å². The van der Waals surface area contributed by atoms with Crippen LogP contribution < -0.4 is 22.5 Å². The van der Waals surface area contributed by atoms with E-state index < -0.39 is 0 Å². The summed E-state index contributed by atoms with van der Waals surface area (Å²) in [6, 6.07) is 0. The van der Waals surface area contributed by atoms with Crippen LogP contribution >= 0.6 is 0 Å². The number of ether oxygens (including phenoxy) is 3. The first kappa shape index (κ1) is 34.1. The lowest BCUT2D eigenvalue weighted by Gasteiger charge is -2.65. The molecule has 0 saturated heterocycles. The molecule has 0 aromatic heterocycles. The van der Waals surface area contributed by atoms with Crippen molar-refractivity contribution in [2.24, 2.45) is 63.5 Å². The maximum Gasteiger partial charge on any atom is 0.219 e. The minimum absolute atomic E-state index is 0.0685. The summed E-state index contributed by atoms with van der Waals surface area (Å²) < 4.78 is 20.1. The van der Waals surface area contributed by atoms with Crippen molar-refractivity contribution in [2.45, 2.75) is 116 Å². The number of carbonyl (C=O) groups is 1. The van der Waals surface area contributed by atoms with Gasteiger partial charge in [0.05, 0.1) is 18.3 Å². The van der Waals surface area contributed by atoms with Crippen LogP contribution in [0, 0.1) is 46.3 Å². The summed E-state index contributed by atoms with van der Waals surface area (Å²) in [7, 11) is 1.74. The van der Waals surface area contributed by atoms with E-state index in [1.165, 1.54) is 19.3 Å². The van der Waals surface area contributed by atoms with Crippen molar-refractivity contribution in [3.63, 3.8) is 0 Å². The number of hydrogen-bond acceptors (Lipinski definition) is 7. The first-order chi connectivity index (χ1) is 20.2. The standard InChI is InChI=1S/C34H64N4O4/c1-23(8-11-31(39)38-4)26-9-10-27-32-28(22-30(34(26,27)3)42-19-7-16-37)33(2)13-12-25(40-17-5-14-35)20-24(33)21-29(32)41-18-6-15-36/h23-30,32H,5-22,35-37H2,1-4H3,(H,38,39)/t23?,24?,25-,26?,27+,28+,29-,30+,32?,33+,34-/m1/s1. The van der Waals surface area contributed by atoms with E-state index in [0.717, 1.165) is 71.2 Å². The van der Waals surface area contributed by atoms with Gasteiger partial charge in [-0.3, -0.25) is 4.79 Å². The van der Waals surface area contributed by atoms with Gasteiger partial charge in [-0.2, -0.15) is 0 Å². The lowest BCUT2D eigenvalue weighted by Crippen LogP contribution is -2.63. The number of rotatable bonds is 16. The largest absolute Gasteiger partial charge is 0.378 e. The Bertz CT molecular complexity index is 846. The maximum atomic E-state index is 12.2. The molecule has 0 radical (unpaired) electrons. The Labute approximate surface area is 256 Å². The van der Waals surface area contributed by atoms with Crippen LogP contribution in [-0.2, 0) is 19.0 Å². The Balaban J connectivity index is 1.63. The minimum Gasteiger partial charge on any atom is -0.378 e. The Hall–Kier alpha value is -0.770. The van der Waals surface area contributed by atoms with Gasteiger partial charge in [-0.1, -0.05) is 20.8 Å². The molecular formula is C34H64N4O4. The Kier molecular flexibility index (Phi) is 12.6. The zero-order chi connectivity index (χ0) is 30.3. The third kappa shape index (κ3) is 7.04. The number of carbonyl (C=O) groups excluding carboxylic acids is 1. The third-order valence-electron chi connectivity index (χ3n) is 12.6. The second-order valence-corrected chi connectivity index (χ2v) is 14.7. The molecule has 0 aromatic carbocycles. The van der Waals surface area contributed by atoms with E-state index in [-0.39, 0.29) is 28.9 Å². The normalized spacial score (nSPS) is 40.2. The van der Waals surface area contributed by atoms with Crippen LogP contribution in [0.5, 0.6) is 0 Å². The highest BCUT2D eigenvalue weighted by Gasteiger charge is 2.66. The van der Waals surface area contributed by atoms with Crippen LogP contribution in [0.1, 0.15) is 97.8 Å². The van der Waals surface area contributed by atoms with E-state index in [0.29, 0.717) is 67.7 Å². The lowest BCUT2D eigenvalue weighted by molar-refractivity contribution is -0.227. The lowest BCUT2D eigenvalue weighted by atomic mass is 9.43. The molecule has 4 aliphatic rings. The highest BCUT2D eigenvalue weighted by molar-refractivity contribution is 5.75. The monoisotopic (exact) mass is 592 g/mol. The summed E-state index contributed by atoms with van der Waals surface area (Å²) in [5.41, 5.74) is 17.9. The fourth-order valence-corrected chi connectivity index (χ4v) is 10.3. The fraction of sp³-hybridized carbons (Fsp3) is 0.971. The third-order valence-corrected chi connectivity index (χ3v) is 12.6. The molecule has 42 heavy (non-hydrogen) atoms. The molecule has 4 rings (SSSR count). The van der Waals surface area contributed by atoms with Gasteiger partial charge in [0.25, 0.3) is 0 Å². The van der Waals surface area contributed by atoms with Crippen LogP contribution in [0.25, 0.3) is 0 Å². The molecule has 11 atom stereocenters. The predicted octanol–water partition coefficient (Wildman–Crippen LogP) is 4.23. The van der Waals surface area contributed by atoms with E-state index in [9.17, 15) is 4.79 Å². The molecular weight excluding hydrogens is 528 g/mol. The van der Waals surface area contributed by atoms with Crippen molar-refractivity contribution < 1.29 is 19.0 Å². The summed E-state index contributed by atoms with van der Waals surface area (Å²) in [6.45, 7) is 11.8. The minimum atomic E-state index is 0.0685. The molecule has 0 spiro atoms. The molecule has 4 aliphatic carbocycles. The molecule has 4 unspecified atom stereocenters. The molecule has 7 N–H and O–H groups in total. The molecule has 0 heterocycles. The van der Waals surface area contributed by atoms with Crippen LogP contribution in [0.3, 0.4) is 0 Å². The predicted molar refractivity (Wildman–Crippen MR) is 169 cm³/mol. The van der Waals surface area contributed by atoms with Crippen molar-refractivity contribution >= 4 is 5.91 Å². The molecule has 8 heteroatoms. The maximum absolute atomic E-state index is 12.2. The number of nitrogens with two attached hydrogens (primary N) is 3. The number of amides is 1. The molecule has 244 valence electrons. The first-order valence-corrected chi connectivity index (χ1v) is 17.4. The quantitative estimate of drug-likeness (QED) is 0.197. The smallest absolute Gasteiger partial charge is 0.219 e. The summed E-state index contributed by atoms with van der Waals surface area (Å²) in [6.07, 6.45) is 13.2. The van der Waals surface area contributed by atoms with Gasteiger partial charge in [0.15, 0.2) is 0 Å². The molecule has 8 nitrogen and oxygen atoms in total. The van der Waals surface area contributed by atoms with Gasteiger partial charge in [-0.15, -0.1) is 0 Å². The SMILES string of the molecule is CNC(=O)CCC(C)C1CC[C@H]2C3[C@H](OCCCN)CC4C[C@H](OCCCN)CC[C@]4(C)[C@H]3C[C@H](OCCCN)[C@]12C. The topological polar surface area (TPSA) is 135 Å². The average molecular weight is 593 g/mol. The summed E-state index contributed by atoms with van der Waals surface area (Å²) in [5, 5.41) is 2.82. The van der Waals surface area contributed by atoms with Crippen molar-refractivity contribution in [2.75, 3.05) is 46.5 Å². The molecule has 0 aromatic rings. The zero-order valence-corrected chi connectivity index (χ0v) is 27.3. The second kappa shape index (κ2) is 15.5. The summed E-state index contributed by atoms with van der Waals surface area (Å²) >= 11 is 0. The van der Waals surface area contributed by atoms with Crippen LogP contribution in [0.4, 0.5) is 0 Å². The van der Waals surface area contributed by atoms with Gasteiger partial charge in [-0.25, -0.2) is 0 Å². The number of fused-ring (bicyclic) bond motifs is 5. The van der Waals surface area contributed by atoms with E-state index in [2.05, 4.69) is 26.1 Å². The van der Waals surface area contributed by atoms with E-state index in [1.54, 1.807) is 7.05 Å². The van der Waals surface area contributed by atoms with Crippen molar-refractivity contribution in [1.82, 2.24) is 5.32 Å². The summed E-state index contributed by atoms with van der Waals surface area (Å²) in [4.78, 5) is 12.2. The Morgan fingerprint density at radius 3 is 2.21 bits per heavy atom. The van der Waals surface area contributed by atoms with E-state index in [1.807, 2.05) is 0 Å². The molecule has 0 bridgehead atoms. The van der Waals surface area contributed by atoms with Crippen molar-refractivity contribution in [3.8, 4) is 0 Å². The molecule has 4 saturated carbocycles. The van der Waals surface area contributed by atoms with Crippen LogP contribution in [0.2, 0.25) is 0 Å². The zero-order valence-electron chi connectivity index (χ0n) is 27.3. The van der Waals surface area contributed by atoms with Crippen molar-refractivity contribution in [3.05, 3.63) is 0 Å². The molecule has 1 amide bonds. The van der Waals surface area contributed by atoms with Gasteiger partial charge in [0.1, 0.15) is 0 Å². The van der Waals surface area contributed by atoms with Gasteiger partial charge in [-0.05, 0) is 131 Å². The fourth-order valence-electron chi connectivity index (χ4n) is 10.3. The molecule has 4 fully saturated rings. The first-order valence-electron chi connectivity index (χ1n) is 17.4. The Morgan fingerprint density at radius 2 is 1.55 bits per heavy atom. The second-order valence-electron chi connectivity index (χ2n) is 14.7. The summed E-state index contributed by atoms with van der Waals surface area (Å²) in [5.74, 6) is 3.42. The molecule has 0 aliphatic heterocycles. The average Bonchev–Trinajstić information content (AvgIpc) is 3.34. The van der Waals surface area contributed by atoms with Crippen LogP contribution in [-0.4, -0.2) is 70.7 Å². The van der Waals surface area contributed by atoms with Gasteiger partial charge < -0.3 is 36.7 Å². The Morgan fingerprint density at radius 1 is 0.881 bits per heavy atom. The number of nitrogens with one attached hydrogen (secondary N) is 1. The van der Waals surface area contributed by atoms with Crippen molar-refractivity contribution in [1.29, 1.82) is 0 Å². The highest BCUT2D eigenvalue weighted by Crippen LogP contribution is 2.69. The van der Waals surface area contributed by atoms with E-state index >= 15 is 0 Å². The highest BCUT2D eigenvalue weighted by atomic mass is 16.5. The van der Waals surface area contributed by atoms with Gasteiger partial charge >= 0.3 is 0 Å². The number of hydrogen-bond donors (Lipinski definition) is 4. The van der Waals surface area contributed by atoms with Gasteiger partial charge in [0.2, 0.25) is 5.91 Å². The van der Waals surface area contributed by atoms with Gasteiger partial charge in [0, 0.05) is 38.7 Å².